The predicted molar refractivity (Wildman–Crippen MR) is 82.8 cm³/mol. The lowest BCUT2D eigenvalue weighted by Crippen LogP contribution is -2.29. The second-order valence-electron chi connectivity index (χ2n) is 6.53. The molecule has 0 bridgehead atoms. The molecule has 2 atom stereocenters. The van der Waals surface area contributed by atoms with E-state index in [-0.39, 0.29) is 17.8 Å². The number of pyridine rings is 1. The number of hydrogen-bond donors (Lipinski definition) is 1. The molecule has 1 saturated carbocycles. The molecular weight excluding hydrogens is 267 g/mol. The summed E-state index contributed by atoms with van der Waals surface area (Å²) in [6, 6.07) is 1.72. The summed E-state index contributed by atoms with van der Waals surface area (Å²) in [5.41, 5.74) is 0.629. The molecule has 0 spiro atoms. The summed E-state index contributed by atoms with van der Waals surface area (Å²) in [5.74, 6) is 0.875. The molecule has 0 amide bonds. The van der Waals surface area contributed by atoms with Crippen molar-refractivity contribution >= 4 is 0 Å². The predicted octanol–water partition coefficient (Wildman–Crippen LogP) is 3.92. The first kappa shape index (κ1) is 16.2. The molecule has 1 N–H and O–H groups in total. The highest BCUT2D eigenvalue weighted by Crippen LogP contribution is 2.28. The smallest absolute Gasteiger partial charge is 0.250 e. The van der Waals surface area contributed by atoms with Crippen LogP contribution in [0.25, 0.3) is 0 Å². The van der Waals surface area contributed by atoms with Crippen LogP contribution in [0, 0.1) is 17.7 Å². The van der Waals surface area contributed by atoms with E-state index in [1.807, 2.05) is 0 Å². The molecule has 0 saturated heterocycles. The summed E-state index contributed by atoms with van der Waals surface area (Å²) in [4.78, 5) is 4.09. The van der Waals surface area contributed by atoms with Crippen LogP contribution in [0.2, 0.25) is 0 Å². The minimum absolute atomic E-state index is 0.0969. The van der Waals surface area contributed by atoms with Gasteiger partial charge in [0.15, 0.2) is 5.82 Å². The summed E-state index contributed by atoms with van der Waals surface area (Å²) in [6.07, 6.45) is 6.29. The molecule has 0 aliphatic heterocycles. The topological polar surface area (TPSA) is 34.2 Å². The van der Waals surface area contributed by atoms with Gasteiger partial charge in [-0.2, -0.15) is 0 Å². The van der Waals surface area contributed by atoms with Gasteiger partial charge in [0.25, 0.3) is 5.88 Å². The largest absolute Gasteiger partial charge is 0.472 e. The maximum Gasteiger partial charge on any atom is 0.250 e. The van der Waals surface area contributed by atoms with E-state index in [2.05, 4.69) is 31.1 Å². The van der Waals surface area contributed by atoms with Gasteiger partial charge in [-0.05, 0) is 43.7 Å². The van der Waals surface area contributed by atoms with E-state index in [9.17, 15) is 4.39 Å². The van der Waals surface area contributed by atoms with E-state index >= 15 is 0 Å². The van der Waals surface area contributed by atoms with Crippen LogP contribution < -0.4 is 10.1 Å². The van der Waals surface area contributed by atoms with Crippen LogP contribution in [0.5, 0.6) is 5.88 Å². The van der Waals surface area contributed by atoms with Gasteiger partial charge in [0, 0.05) is 18.3 Å². The van der Waals surface area contributed by atoms with Gasteiger partial charge in [0.1, 0.15) is 6.10 Å². The van der Waals surface area contributed by atoms with Crippen LogP contribution in [0.4, 0.5) is 4.39 Å². The first-order valence-corrected chi connectivity index (χ1v) is 8.08. The van der Waals surface area contributed by atoms with Gasteiger partial charge in [0.2, 0.25) is 0 Å². The highest BCUT2D eigenvalue weighted by atomic mass is 19.1. The van der Waals surface area contributed by atoms with Gasteiger partial charge in [-0.1, -0.05) is 27.2 Å². The van der Waals surface area contributed by atoms with Crippen molar-refractivity contribution in [1.29, 1.82) is 0 Å². The van der Waals surface area contributed by atoms with Crippen LogP contribution >= 0.6 is 0 Å². The maximum atomic E-state index is 14.5. The van der Waals surface area contributed by atoms with Crippen LogP contribution in [0.1, 0.15) is 52.0 Å². The Morgan fingerprint density at radius 2 is 2.14 bits per heavy atom. The molecule has 1 heterocycles. The van der Waals surface area contributed by atoms with Gasteiger partial charge in [-0.25, -0.2) is 9.37 Å². The monoisotopic (exact) mass is 294 g/mol. The minimum atomic E-state index is -0.313. The SMILES string of the molecule is CC(C)CNCc1ccnc(OC2CCCCC2C)c1F. The van der Waals surface area contributed by atoms with Crippen LogP contribution in [0.15, 0.2) is 12.3 Å². The van der Waals surface area contributed by atoms with E-state index in [1.165, 1.54) is 6.42 Å². The fraction of sp³-hybridized carbons (Fsp3) is 0.706. The molecule has 4 heteroatoms. The maximum absolute atomic E-state index is 14.5. The van der Waals surface area contributed by atoms with Crippen LogP contribution in [0.3, 0.4) is 0 Å². The number of hydrogen-bond acceptors (Lipinski definition) is 3. The lowest BCUT2D eigenvalue weighted by molar-refractivity contribution is 0.0924. The minimum Gasteiger partial charge on any atom is -0.472 e. The number of halogens is 1. The Morgan fingerprint density at radius 1 is 1.38 bits per heavy atom. The third-order valence-corrected chi connectivity index (χ3v) is 4.10. The third-order valence-electron chi connectivity index (χ3n) is 4.10. The molecule has 1 aromatic rings. The van der Waals surface area contributed by atoms with Crippen molar-refractivity contribution in [2.75, 3.05) is 6.54 Å². The third kappa shape index (κ3) is 4.67. The quantitative estimate of drug-likeness (QED) is 0.863. The number of ether oxygens (including phenoxy) is 1. The zero-order valence-electron chi connectivity index (χ0n) is 13.4. The Balaban J connectivity index is 1.99. The summed E-state index contributed by atoms with van der Waals surface area (Å²) >= 11 is 0. The molecule has 1 aliphatic rings. The van der Waals surface area contributed by atoms with Crippen molar-refractivity contribution in [2.45, 2.75) is 59.1 Å². The molecule has 2 rings (SSSR count). The fourth-order valence-electron chi connectivity index (χ4n) is 2.78. The van der Waals surface area contributed by atoms with E-state index in [0.29, 0.717) is 23.9 Å². The summed E-state index contributed by atoms with van der Waals surface area (Å²) in [5, 5.41) is 3.26. The fourth-order valence-corrected chi connectivity index (χ4v) is 2.78. The molecule has 1 aliphatic carbocycles. The second kappa shape index (κ2) is 7.74. The second-order valence-corrected chi connectivity index (χ2v) is 6.53. The van der Waals surface area contributed by atoms with E-state index in [0.717, 1.165) is 25.8 Å². The average molecular weight is 294 g/mol. The highest BCUT2D eigenvalue weighted by Gasteiger charge is 2.24. The van der Waals surface area contributed by atoms with Gasteiger partial charge < -0.3 is 10.1 Å². The highest BCUT2D eigenvalue weighted by molar-refractivity contribution is 5.23. The van der Waals surface area contributed by atoms with Gasteiger partial charge in [0.05, 0.1) is 0 Å². The van der Waals surface area contributed by atoms with Gasteiger partial charge in [-0.15, -0.1) is 0 Å². The lowest BCUT2D eigenvalue weighted by atomic mass is 9.88. The standard InChI is InChI=1S/C17H27FN2O/c1-12(2)10-19-11-14-8-9-20-17(16(14)18)21-15-7-5-4-6-13(15)3/h8-9,12-13,15,19H,4-7,10-11H2,1-3H3. The molecule has 2 unspecified atom stereocenters. The first-order valence-electron chi connectivity index (χ1n) is 8.08. The molecule has 3 nitrogen and oxygen atoms in total. The molecule has 118 valence electrons. The van der Waals surface area contributed by atoms with E-state index in [1.54, 1.807) is 12.3 Å². The Bertz CT molecular complexity index is 450. The van der Waals surface area contributed by atoms with Crippen molar-refractivity contribution in [3.05, 3.63) is 23.6 Å². The van der Waals surface area contributed by atoms with Crippen LogP contribution in [-0.4, -0.2) is 17.6 Å². The summed E-state index contributed by atoms with van der Waals surface area (Å²) < 4.78 is 20.3. The summed E-state index contributed by atoms with van der Waals surface area (Å²) in [6.45, 7) is 7.83. The zero-order chi connectivity index (χ0) is 15.2. The van der Waals surface area contributed by atoms with E-state index < -0.39 is 0 Å². The Hall–Kier alpha value is -1.16. The molecular formula is C17H27FN2O. The number of rotatable bonds is 6. The van der Waals surface area contributed by atoms with Crippen LogP contribution in [-0.2, 0) is 6.54 Å². The number of nitrogens with one attached hydrogen (secondary N) is 1. The van der Waals surface area contributed by atoms with Gasteiger partial charge >= 0.3 is 0 Å². The normalized spacial score (nSPS) is 22.5. The molecule has 21 heavy (non-hydrogen) atoms. The molecule has 1 aromatic heterocycles. The van der Waals surface area contributed by atoms with Crippen molar-refractivity contribution < 1.29 is 9.13 Å². The number of nitrogens with zero attached hydrogens (tertiary/aromatic N) is 1. The Kier molecular flexibility index (Phi) is 5.97. The first-order chi connectivity index (χ1) is 10.1. The Labute approximate surface area is 127 Å². The molecule has 0 radical (unpaired) electrons. The Morgan fingerprint density at radius 3 is 2.86 bits per heavy atom. The molecule has 0 aromatic carbocycles. The molecule has 1 fully saturated rings. The average Bonchev–Trinajstić information content (AvgIpc) is 2.45. The van der Waals surface area contributed by atoms with E-state index in [4.69, 9.17) is 4.74 Å². The zero-order valence-corrected chi connectivity index (χ0v) is 13.4. The van der Waals surface area contributed by atoms with Crippen molar-refractivity contribution in [3.63, 3.8) is 0 Å². The van der Waals surface area contributed by atoms with Gasteiger partial charge in [-0.3, -0.25) is 0 Å². The lowest BCUT2D eigenvalue weighted by Gasteiger charge is -2.29. The van der Waals surface area contributed by atoms with Crippen molar-refractivity contribution in [3.8, 4) is 5.88 Å². The summed E-state index contributed by atoms with van der Waals surface area (Å²) in [7, 11) is 0. The number of aromatic nitrogens is 1. The van der Waals surface area contributed by atoms with Crippen molar-refractivity contribution in [1.82, 2.24) is 10.3 Å². The van der Waals surface area contributed by atoms with Crippen molar-refractivity contribution in [2.24, 2.45) is 11.8 Å².